The molecule has 1 aliphatic heterocycles. The normalized spacial score (nSPS) is 25.5. The quantitative estimate of drug-likeness (QED) is 0.804. The van der Waals surface area contributed by atoms with Crippen LogP contribution in [0.3, 0.4) is 0 Å². The van der Waals surface area contributed by atoms with Gasteiger partial charge < -0.3 is 9.47 Å². The molecule has 98 valence electrons. The fourth-order valence-electron chi connectivity index (χ4n) is 2.77. The summed E-state index contributed by atoms with van der Waals surface area (Å²) in [4.78, 5) is 0. The minimum Gasteiger partial charge on any atom is -0.482 e. The van der Waals surface area contributed by atoms with Crippen LogP contribution in [0.25, 0.3) is 0 Å². The van der Waals surface area contributed by atoms with Gasteiger partial charge >= 0.3 is 0 Å². The maximum Gasteiger partial charge on any atom is 0.134 e. The van der Waals surface area contributed by atoms with Crippen molar-refractivity contribution in [3.05, 3.63) is 65.7 Å². The fourth-order valence-corrected chi connectivity index (χ4v) is 2.77. The average Bonchev–Trinajstić information content (AvgIpc) is 2.47. The molecule has 0 saturated carbocycles. The van der Waals surface area contributed by atoms with Gasteiger partial charge in [-0.15, -0.1) is 0 Å². The summed E-state index contributed by atoms with van der Waals surface area (Å²) in [5.41, 5.74) is 1.99. The second-order valence-corrected chi connectivity index (χ2v) is 5.17. The van der Waals surface area contributed by atoms with Crippen molar-refractivity contribution in [2.24, 2.45) is 0 Å². The SMILES string of the molecule is CO[C@H]1C[C@@](C)(c2ccccc2)Oc2ccccc21. The highest BCUT2D eigenvalue weighted by Crippen LogP contribution is 2.45. The molecule has 1 aliphatic rings. The zero-order valence-electron chi connectivity index (χ0n) is 11.3. The molecule has 0 N–H and O–H groups in total. The van der Waals surface area contributed by atoms with E-state index in [1.807, 2.05) is 36.4 Å². The lowest BCUT2D eigenvalue weighted by molar-refractivity contribution is -0.0244. The zero-order valence-corrected chi connectivity index (χ0v) is 11.3. The molecule has 0 aromatic heterocycles. The van der Waals surface area contributed by atoms with Crippen LogP contribution in [-0.2, 0) is 10.3 Å². The van der Waals surface area contributed by atoms with Crippen LogP contribution >= 0.6 is 0 Å². The van der Waals surface area contributed by atoms with E-state index >= 15 is 0 Å². The number of para-hydroxylation sites is 1. The number of methoxy groups -OCH3 is 1. The number of hydrogen-bond donors (Lipinski definition) is 0. The molecule has 0 amide bonds. The van der Waals surface area contributed by atoms with Crippen LogP contribution in [0.1, 0.15) is 30.6 Å². The third-order valence-electron chi connectivity index (χ3n) is 3.84. The summed E-state index contributed by atoms with van der Waals surface area (Å²) < 4.78 is 11.9. The first kappa shape index (κ1) is 12.2. The summed E-state index contributed by atoms with van der Waals surface area (Å²) in [6, 6.07) is 18.5. The number of hydrogen-bond acceptors (Lipinski definition) is 2. The van der Waals surface area contributed by atoms with E-state index in [9.17, 15) is 0 Å². The van der Waals surface area contributed by atoms with Crippen molar-refractivity contribution in [1.29, 1.82) is 0 Å². The van der Waals surface area contributed by atoms with Crippen molar-refractivity contribution in [1.82, 2.24) is 0 Å². The third kappa shape index (κ3) is 2.13. The first-order valence-electron chi connectivity index (χ1n) is 6.59. The van der Waals surface area contributed by atoms with Crippen molar-refractivity contribution in [3.8, 4) is 5.75 Å². The largest absolute Gasteiger partial charge is 0.482 e. The van der Waals surface area contributed by atoms with Gasteiger partial charge in [-0.3, -0.25) is 0 Å². The minimum absolute atomic E-state index is 0.0788. The zero-order chi connectivity index (χ0) is 13.3. The molecule has 0 bridgehead atoms. The summed E-state index contributed by atoms with van der Waals surface area (Å²) in [5, 5.41) is 0. The van der Waals surface area contributed by atoms with E-state index in [4.69, 9.17) is 9.47 Å². The molecule has 0 aliphatic carbocycles. The molecule has 0 radical (unpaired) electrons. The van der Waals surface area contributed by atoms with Gasteiger partial charge in [-0.05, 0) is 18.6 Å². The van der Waals surface area contributed by atoms with Crippen molar-refractivity contribution in [2.45, 2.75) is 25.0 Å². The van der Waals surface area contributed by atoms with Gasteiger partial charge in [-0.2, -0.15) is 0 Å². The standard InChI is InChI=1S/C17H18O2/c1-17(13-8-4-3-5-9-13)12-16(18-2)14-10-6-7-11-15(14)19-17/h3-11,16H,12H2,1-2H3/t16-,17-/m0/s1. The fraction of sp³-hybridized carbons (Fsp3) is 0.294. The Balaban J connectivity index is 2.04. The van der Waals surface area contributed by atoms with Gasteiger partial charge in [-0.25, -0.2) is 0 Å². The smallest absolute Gasteiger partial charge is 0.134 e. The second-order valence-electron chi connectivity index (χ2n) is 5.17. The highest BCUT2D eigenvalue weighted by Gasteiger charge is 2.38. The van der Waals surface area contributed by atoms with Gasteiger partial charge in [0, 0.05) is 19.1 Å². The summed E-state index contributed by atoms with van der Waals surface area (Å²) in [6.45, 7) is 2.13. The number of ether oxygens (including phenoxy) is 2. The molecular weight excluding hydrogens is 236 g/mol. The number of rotatable bonds is 2. The molecule has 2 nitrogen and oxygen atoms in total. The van der Waals surface area contributed by atoms with Crippen molar-refractivity contribution < 1.29 is 9.47 Å². The Hall–Kier alpha value is -1.80. The van der Waals surface area contributed by atoms with E-state index in [0.717, 1.165) is 17.7 Å². The van der Waals surface area contributed by atoms with E-state index in [1.165, 1.54) is 5.56 Å². The van der Waals surface area contributed by atoms with Gasteiger partial charge in [-0.1, -0.05) is 48.5 Å². The second kappa shape index (κ2) is 4.71. The molecule has 0 spiro atoms. The first-order chi connectivity index (χ1) is 9.23. The topological polar surface area (TPSA) is 18.5 Å². The van der Waals surface area contributed by atoms with E-state index < -0.39 is 0 Å². The molecule has 1 heterocycles. The van der Waals surface area contributed by atoms with Gasteiger partial charge in [0.05, 0.1) is 6.10 Å². The van der Waals surface area contributed by atoms with E-state index in [2.05, 4.69) is 25.1 Å². The Labute approximate surface area is 114 Å². The Morgan fingerprint density at radius 2 is 1.74 bits per heavy atom. The Kier molecular flexibility index (Phi) is 3.03. The summed E-state index contributed by atoms with van der Waals surface area (Å²) in [5.74, 6) is 0.923. The lowest BCUT2D eigenvalue weighted by atomic mass is 9.85. The van der Waals surface area contributed by atoms with Crippen LogP contribution in [0.15, 0.2) is 54.6 Å². The minimum atomic E-state index is -0.337. The van der Waals surface area contributed by atoms with Crippen LogP contribution < -0.4 is 4.74 Å². The third-order valence-corrected chi connectivity index (χ3v) is 3.84. The predicted octanol–water partition coefficient (Wildman–Crippen LogP) is 4.07. The van der Waals surface area contributed by atoms with Crippen molar-refractivity contribution >= 4 is 0 Å². The number of benzene rings is 2. The monoisotopic (exact) mass is 254 g/mol. The lowest BCUT2D eigenvalue weighted by Gasteiger charge is -2.39. The molecule has 3 rings (SSSR count). The summed E-state index contributed by atoms with van der Waals surface area (Å²) in [7, 11) is 1.76. The molecular formula is C17H18O2. The molecule has 2 atom stereocenters. The van der Waals surface area contributed by atoms with Gasteiger partial charge in [0.25, 0.3) is 0 Å². The highest BCUT2D eigenvalue weighted by atomic mass is 16.5. The lowest BCUT2D eigenvalue weighted by Crippen LogP contribution is -2.36. The summed E-state index contributed by atoms with van der Waals surface area (Å²) >= 11 is 0. The van der Waals surface area contributed by atoms with Crippen LogP contribution in [0.4, 0.5) is 0 Å². The van der Waals surface area contributed by atoms with Crippen LogP contribution in [0.2, 0.25) is 0 Å². The van der Waals surface area contributed by atoms with E-state index in [0.29, 0.717) is 0 Å². The molecule has 0 fully saturated rings. The van der Waals surface area contributed by atoms with E-state index in [1.54, 1.807) is 7.11 Å². The first-order valence-corrected chi connectivity index (χ1v) is 6.59. The van der Waals surface area contributed by atoms with Crippen LogP contribution in [0.5, 0.6) is 5.75 Å². The number of fused-ring (bicyclic) bond motifs is 1. The average molecular weight is 254 g/mol. The predicted molar refractivity (Wildman–Crippen MR) is 75.2 cm³/mol. The van der Waals surface area contributed by atoms with Gasteiger partial charge in [0.15, 0.2) is 0 Å². The van der Waals surface area contributed by atoms with Crippen LogP contribution in [-0.4, -0.2) is 7.11 Å². The molecule has 2 heteroatoms. The maximum atomic E-state index is 6.26. The summed E-state index contributed by atoms with van der Waals surface area (Å²) in [6.07, 6.45) is 0.903. The van der Waals surface area contributed by atoms with Gasteiger partial charge in [0.2, 0.25) is 0 Å². The van der Waals surface area contributed by atoms with Gasteiger partial charge in [0.1, 0.15) is 11.4 Å². The van der Waals surface area contributed by atoms with Crippen molar-refractivity contribution in [3.63, 3.8) is 0 Å². The highest BCUT2D eigenvalue weighted by molar-refractivity contribution is 5.40. The Morgan fingerprint density at radius 3 is 2.47 bits per heavy atom. The van der Waals surface area contributed by atoms with Crippen LogP contribution in [0, 0.1) is 0 Å². The molecule has 0 unspecified atom stereocenters. The maximum absolute atomic E-state index is 6.26. The molecule has 0 saturated heterocycles. The van der Waals surface area contributed by atoms with E-state index in [-0.39, 0.29) is 11.7 Å². The molecule has 19 heavy (non-hydrogen) atoms. The Bertz CT molecular complexity index is 564. The molecule has 2 aromatic carbocycles. The van der Waals surface area contributed by atoms with Crippen molar-refractivity contribution in [2.75, 3.05) is 7.11 Å². The molecule has 2 aromatic rings. The Morgan fingerprint density at radius 1 is 1.05 bits per heavy atom.